The standard InChI is InChI=1S/C13H18N2O/c1-4-12-10-14-8-6-13(12)15-7-5-9-16-11(2)3/h1,6,8,10-11H,5,7,9H2,2-3H3,(H,14,15). The van der Waals surface area contributed by atoms with Crippen LogP contribution < -0.4 is 5.32 Å². The fraction of sp³-hybridized carbons (Fsp3) is 0.462. The molecule has 1 rings (SSSR count). The number of anilines is 1. The van der Waals surface area contributed by atoms with E-state index in [0.29, 0.717) is 6.10 Å². The van der Waals surface area contributed by atoms with E-state index in [1.807, 2.05) is 19.9 Å². The number of pyridine rings is 1. The summed E-state index contributed by atoms with van der Waals surface area (Å²) < 4.78 is 5.44. The quantitative estimate of drug-likeness (QED) is 0.587. The molecule has 0 fully saturated rings. The molecule has 1 heterocycles. The molecule has 0 radical (unpaired) electrons. The fourth-order valence-electron chi connectivity index (χ4n) is 1.28. The van der Waals surface area contributed by atoms with Crippen LogP contribution in [0.5, 0.6) is 0 Å². The second-order valence-electron chi connectivity index (χ2n) is 3.77. The summed E-state index contributed by atoms with van der Waals surface area (Å²) in [5, 5.41) is 3.28. The zero-order valence-electron chi connectivity index (χ0n) is 9.86. The zero-order valence-corrected chi connectivity index (χ0v) is 9.86. The Morgan fingerprint density at radius 2 is 2.38 bits per heavy atom. The summed E-state index contributed by atoms with van der Waals surface area (Å²) in [6.45, 7) is 5.69. The van der Waals surface area contributed by atoms with Gasteiger partial charge < -0.3 is 10.1 Å². The minimum atomic E-state index is 0.294. The lowest BCUT2D eigenvalue weighted by Gasteiger charge is -2.09. The van der Waals surface area contributed by atoms with Crippen LogP contribution in [-0.2, 0) is 4.74 Å². The molecule has 1 N–H and O–H groups in total. The second-order valence-corrected chi connectivity index (χ2v) is 3.77. The van der Waals surface area contributed by atoms with Crippen molar-refractivity contribution in [2.24, 2.45) is 0 Å². The van der Waals surface area contributed by atoms with Gasteiger partial charge in [0.05, 0.1) is 17.4 Å². The average molecular weight is 218 g/mol. The van der Waals surface area contributed by atoms with Gasteiger partial charge in [0.1, 0.15) is 0 Å². The summed E-state index contributed by atoms with van der Waals surface area (Å²) >= 11 is 0. The molecule has 0 spiro atoms. The highest BCUT2D eigenvalue weighted by Gasteiger charge is 1.98. The molecule has 3 nitrogen and oxygen atoms in total. The van der Waals surface area contributed by atoms with Crippen molar-refractivity contribution in [3.8, 4) is 12.3 Å². The van der Waals surface area contributed by atoms with Crippen molar-refractivity contribution in [1.82, 2.24) is 4.98 Å². The third kappa shape index (κ3) is 4.33. The first-order valence-electron chi connectivity index (χ1n) is 5.50. The van der Waals surface area contributed by atoms with Gasteiger partial charge in [-0.3, -0.25) is 4.98 Å². The lowest BCUT2D eigenvalue weighted by molar-refractivity contribution is 0.0787. The topological polar surface area (TPSA) is 34.2 Å². The van der Waals surface area contributed by atoms with Crippen LogP contribution in [0.15, 0.2) is 18.5 Å². The highest BCUT2D eigenvalue weighted by molar-refractivity contribution is 5.56. The fourth-order valence-corrected chi connectivity index (χ4v) is 1.28. The van der Waals surface area contributed by atoms with Crippen molar-refractivity contribution in [2.75, 3.05) is 18.5 Å². The monoisotopic (exact) mass is 218 g/mol. The zero-order chi connectivity index (χ0) is 11.8. The summed E-state index contributed by atoms with van der Waals surface area (Å²) in [5.41, 5.74) is 1.76. The van der Waals surface area contributed by atoms with Crippen LogP contribution in [-0.4, -0.2) is 24.2 Å². The Kier molecular flexibility index (Phi) is 5.38. The van der Waals surface area contributed by atoms with Crippen LogP contribution in [0.4, 0.5) is 5.69 Å². The maximum Gasteiger partial charge on any atom is 0.0657 e. The molecule has 1 aromatic heterocycles. The molecular weight excluding hydrogens is 200 g/mol. The smallest absolute Gasteiger partial charge is 0.0657 e. The van der Waals surface area contributed by atoms with E-state index in [9.17, 15) is 0 Å². The SMILES string of the molecule is C#Cc1cnccc1NCCCOC(C)C. The second kappa shape index (κ2) is 6.86. The number of rotatable bonds is 6. The molecule has 0 atom stereocenters. The third-order valence-electron chi connectivity index (χ3n) is 2.06. The molecule has 0 bridgehead atoms. The molecule has 1 aromatic rings. The molecule has 0 aliphatic rings. The maximum absolute atomic E-state index is 5.44. The van der Waals surface area contributed by atoms with Crippen LogP contribution in [0.25, 0.3) is 0 Å². The molecule has 0 amide bonds. The van der Waals surface area contributed by atoms with Crippen LogP contribution >= 0.6 is 0 Å². The molecule has 0 aliphatic heterocycles. The normalized spacial score (nSPS) is 10.1. The third-order valence-corrected chi connectivity index (χ3v) is 2.06. The molecule has 3 heteroatoms. The van der Waals surface area contributed by atoms with Crippen molar-refractivity contribution in [1.29, 1.82) is 0 Å². The summed E-state index contributed by atoms with van der Waals surface area (Å²) in [6, 6.07) is 1.89. The van der Waals surface area contributed by atoms with Crippen molar-refractivity contribution in [3.05, 3.63) is 24.0 Å². The van der Waals surface area contributed by atoms with Gasteiger partial charge in [-0.25, -0.2) is 0 Å². The van der Waals surface area contributed by atoms with Crippen molar-refractivity contribution in [2.45, 2.75) is 26.4 Å². The van der Waals surface area contributed by atoms with Crippen LogP contribution in [0, 0.1) is 12.3 Å². The first-order valence-corrected chi connectivity index (χ1v) is 5.50. The number of nitrogens with zero attached hydrogens (tertiary/aromatic N) is 1. The highest BCUT2D eigenvalue weighted by Crippen LogP contribution is 2.11. The van der Waals surface area contributed by atoms with E-state index in [0.717, 1.165) is 30.8 Å². The van der Waals surface area contributed by atoms with Gasteiger partial charge in [-0.15, -0.1) is 6.42 Å². The minimum absolute atomic E-state index is 0.294. The molecular formula is C13H18N2O. The Morgan fingerprint density at radius 1 is 1.56 bits per heavy atom. The molecule has 0 unspecified atom stereocenters. The van der Waals surface area contributed by atoms with Gasteiger partial charge in [0, 0.05) is 25.5 Å². The maximum atomic E-state index is 5.44. The van der Waals surface area contributed by atoms with E-state index in [4.69, 9.17) is 11.2 Å². The van der Waals surface area contributed by atoms with E-state index in [2.05, 4.69) is 16.2 Å². The summed E-state index contributed by atoms with van der Waals surface area (Å²) in [7, 11) is 0. The predicted molar refractivity (Wildman–Crippen MR) is 66.4 cm³/mol. The van der Waals surface area contributed by atoms with Gasteiger partial charge in [0.25, 0.3) is 0 Å². The first-order chi connectivity index (χ1) is 7.74. The molecule has 0 aromatic carbocycles. The Labute approximate surface area is 97.2 Å². The highest BCUT2D eigenvalue weighted by atomic mass is 16.5. The Balaban J connectivity index is 2.30. The number of ether oxygens (including phenoxy) is 1. The Morgan fingerprint density at radius 3 is 3.06 bits per heavy atom. The number of hydrogen-bond acceptors (Lipinski definition) is 3. The summed E-state index contributed by atoms with van der Waals surface area (Å²) in [4.78, 5) is 3.98. The van der Waals surface area contributed by atoms with E-state index >= 15 is 0 Å². The van der Waals surface area contributed by atoms with Gasteiger partial charge >= 0.3 is 0 Å². The molecule has 16 heavy (non-hydrogen) atoms. The van der Waals surface area contributed by atoms with Crippen molar-refractivity contribution < 1.29 is 4.74 Å². The van der Waals surface area contributed by atoms with E-state index in [-0.39, 0.29) is 0 Å². The van der Waals surface area contributed by atoms with Gasteiger partial charge in [-0.1, -0.05) is 5.92 Å². The lowest BCUT2D eigenvalue weighted by Crippen LogP contribution is -2.09. The summed E-state index contributed by atoms with van der Waals surface area (Å²) in [5.74, 6) is 2.60. The van der Waals surface area contributed by atoms with Crippen LogP contribution in [0.2, 0.25) is 0 Å². The molecule has 0 aliphatic carbocycles. The summed E-state index contributed by atoms with van der Waals surface area (Å²) in [6.07, 6.45) is 10.0. The number of terminal acetylenes is 1. The average Bonchev–Trinajstić information content (AvgIpc) is 2.29. The predicted octanol–water partition coefficient (Wildman–Crippen LogP) is 2.29. The largest absolute Gasteiger partial charge is 0.384 e. The number of aromatic nitrogens is 1. The molecule has 86 valence electrons. The van der Waals surface area contributed by atoms with E-state index in [1.54, 1.807) is 12.4 Å². The lowest BCUT2D eigenvalue weighted by atomic mass is 10.2. The van der Waals surface area contributed by atoms with Gasteiger partial charge in [-0.05, 0) is 26.3 Å². The van der Waals surface area contributed by atoms with Crippen LogP contribution in [0.3, 0.4) is 0 Å². The molecule has 0 saturated heterocycles. The van der Waals surface area contributed by atoms with Gasteiger partial charge in [0.2, 0.25) is 0 Å². The Bertz CT molecular complexity index is 355. The number of nitrogens with one attached hydrogen (secondary N) is 1. The molecule has 0 saturated carbocycles. The van der Waals surface area contributed by atoms with E-state index < -0.39 is 0 Å². The Hall–Kier alpha value is -1.53. The van der Waals surface area contributed by atoms with Gasteiger partial charge in [-0.2, -0.15) is 0 Å². The van der Waals surface area contributed by atoms with Gasteiger partial charge in [0.15, 0.2) is 0 Å². The van der Waals surface area contributed by atoms with Crippen molar-refractivity contribution >= 4 is 5.69 Å². The van der Waals surface area contributed by atoms with Crippen molar-refractivity contribution in [3.63, 3.8) is 0 Å². The van der Waals surface area contributed by atoms with Crippen LogP contribution in [0.1, 0.15) is 25.8 Å². The minimum Gasteiger partial charge on any atom is -0.384 e. The number of hydrogen-bond donors (Lipinski definition) is 1. The first kappa shape index (κ1) is 12.5. The van der Waals surface area contributed by atoms with E-state index in [1.165, 1.54) is 0 Å².